The van der Waals surface area contributed by atoms with E-state index in [4.69, 9.17) is 14.2 Å². The molecule has 1 aromatic heterocycles. The van der Waals surface area contributed by atoms with Crippen LogP contribution in [0.2, 0.25) is 0 Å². The third-order valence-corrected chi connectivity index (χ3v) is 4.67. The Morgan fingerprint density at radius 3 is 2.33 bits per heavy atom. The molecule has 0 atom stereocenters. The summed E-state index contributed by atoms with van der Waals surface area (Å²) in [6.45, 7) is 6.72. The van der Waals surface area contributed by atoms with Gasteiger partial charge in [-0.15, -0.1) is 0 Å². The number of amides is 1. The van der Waals surface area contributed by atoms with Crippen molar-refractivity contribution >= 4 is 11.6 Å². The average Bonchev–Trinajstić information content (AvgIpc) is 3.15. The van der Waals surface area contributed by atoms with Crippen LogP contribution in [0.1, 0.15) is 37.2 Å². The lowest BCUT2D eigenvalue weighted by molar-refractivity contribution is -0.117. The number of nitrogens with one attached hydrogen (secondary N) is 1. The van der Waals surface area contributed by atoms with Gasteiger partial charge in [-0.25, -0.2) is 8.78 Å². The van der Waals surface area contributed by atoms with Crippen molar-refractivity contribution in [1.29, 1.82) is 0 Å². The standard InChI is InChI=1S/C24H27F2N3O4/c1-4-31-21-11-6-17(13-22(21)32-5-2)15-33-19-9-7-18(8-10-19)27-23(30)14-29-16(3)12-20(28-29)24(25)26/h6-13,24H,4-5,14-15H2,1-3H3,(H,27,30). The molecule has 0 unspecified atom stereocenters. The molecule has 1 heterocycles. The van der Waals surface area contributed by atoms with Gasteiger partial charge >= 0.3 is 0 Å². The zero-order valence-corrected chi connectivity index (χ0v) is 18.8. The van der Waals surface area contributed by atoms with Crippen molar-refractivity contribution < 1.29 is 27.8 Å². The van der Waals surface area contributed by atoms with Crippen molar-refractivity contribution in [3.63, 3.8) is 0 Å². The summed E-state index contributed by atoms with van der Waals surface area (Å²) in [7, 11) is 0. The van der Waals surface area contributed by atoms with Crippen molar-refractivity contribution in [2.75, 3.05) is 18.5 Å². The number of carbonyl (C=O) groups excluding carboxylic acids is 1. The third kappa shape index (κ3) is 6.68. The molecule has 176 valence electrons. The lowest BCUT2D eigenvalue weighted by Crippen LogP contribution is -2.20. The van der Waals surface area contributed by atoms with Crippen LogP contribution in [0.4, 0.5) is 14.5 Å². The number of rotatable bonds is 11. The number of aromatic nitrogens is 2. The third-order valence-electron chi connectivity index (χ3n) is 4.67. The fourth-order valence-corrected chi connectivity index (χ4v) is 3.13. The quantitative estimate of drug-likeness (QED) is 0.430. The number of hydrogen-bond acceptors (Lipinski definition) is 5. The van der Waals surface area contributed by atoms with Crippen LogP contribution < -0.4 is 19.5 Å². The van der Waals surface area contributed by atoms with Gasteiger partial charge in [0.1, 0.15) is 24.6 Å². The molecular weight excluding hydrogens is 432 g/mol. The molecule has 33 heavy (non-hydrogen) atoms. The van der Waals surface area contributed by atoms with E-state index in [1.165, 1.54) is 10.7 Å². The maximum Gasteiger partial charge on any atom is 0.282 e. The summed E-state index contributed by atoms with van der Waals surface area (Å²) < 4.78 is 43.8. The van der Waals surface area contributed by atoms with Gasteiger partial charge in [-0.2, -0.15) is 5.10 Å². The van der Waals surface area contributed by atoms with Crippen LogP contribution in [-0.4, -0.2) is 28.9 Å². The highest BCUT2D eigenvalue weighted by atomic mass is 19.3. The lowest BCUT2D eigenvalue weighted by atomic mass is 10.2. The Kier molecular flexibility index (Phi) is 8.23. The number of ether oxygens (including phenoxy) is 3. The van der Waals surface area contributed by atoms with Gasteiger partial charge in [-0.3, -0.25) is 9.48 Å². The van der Waals surface area contributed by atoms with Gasteiger partial charge in [0.05, 0.1) is 13.2 Å². The van der Waals surface area contributed by atoms with Gasteiger partial charge in [0.25, 0.3) is 6.43 Å². The van der Waals surface area contributed by atoms with Crippen molar-refractivity contribution in [2.45, 2.75) is 40.3 Å². The second-order valence-electron chi connectivity index (χ2n) is 7.18. The maximum atomic E-state index is 12.8. The van der Waals surface area contributed by atoms with Gasteiger partial charge in [0.2, 0.25) is 5.91 Å². The molecule has 0 radical (unpaired) electrons. The van der Waals surface area contributed by atoms with Crippen LogP contribution >= 0.6 is 0 Å². The monoisotopic (exact) mass is 459 g/mol. The Hall–Kier alpha value is -3.62. The van der Waals surface area contributed by atoms with E-state index >= 15 is 0 Å². The van der Waals surface area contributed by atoms with Crippen LogP contribution in [0.25, 0.3) is 0 Å². The minimum Gasteiger partial charge on any atom is -0.490 e. The van der Waals surface area contributed by atoms with Crippen LogP contribution in [0.3, 0.4) is 0 Å². The fourth-order valence-electron chi connectivity index (χ4n) is 3.13. The minimum absolute atomic E-state index is 0.156. The summed E-state index contributed by atoms with van der Waals surface area (Å²) in [4.78, 5) is 12.3. The summed E-state index contributed by atoms with van der Waals surface area (Å²) in [5, 5.41) is 6.48. The van der Waals surface area contributed by atoms with Crippen molar-refractivity contribution in [1.82, 2.24) is 9.78 Å². The van der Waals surface area contributed by atoms with Gasteiger partial charge in [0.15, 0.2) is 11.5 Å². The number of aryl methyl sites for hydroxylation is 1. The topological polar surface area (TPSA) is 74.6 Å². The summed E-state index contributed by atoms with van der Waals surface area (Å²) in [6.07, 6.45) is -2.67. The van der Waals surface area contributed by atoms with E-state index in [1.807, 2.05) is 32.0 Å². The van der Waals surface area contributed by atoms with Gasteiger partial charge in [-0.1, -0.05) is 6.07 Å². The first kappa shape index (κ1) is 24.0. The maximum absolute atomic E-state index is 12.8. The Bertz CT molecular complexity index is 1070. The molecule has 3 aromatic rings. The molecule has 1 amide bonds. The molecule has 0 saturated carbocycles. The number of nitrogens with zero attached hydrogens (tertiary/aromatic N) is 2. The average molecular weight is 459 g/mol. The van der Waals surface area contributed by atoms with Gasteiger partial charge in [0, 0.05) is 11.4 Å². The zero-order chi connectivity index (χ0) is 23.8. The highest BCUT2D eigenvalue weighted by Gasteiger charge is 2.15. The Morgan fingerprint density at radius 2 is 1.70 bits per heavy atom. The molecular formula is C24H27F2N3O4. The SMILES string of the molecule is CCOc1ccc(COc2ccc(NC(=O)Cn3nc(C(F)F)cc3C)cc2)cc1OCC. The molecule has 2 aromatic carbocycles. The number of benzene rings is 2. The van der Waals surface area contributed by atoms with Gasteiger partial charge < -0.3 is 19.5 Å². The van der Waals surface area contributed by atoms with Gasteiger partial charge in [-0.05, 0) is 68.8 Å². The number of anilines is 1. The summed E-state index contributed by atoms with van der Waals surface area (Å²) in [6, 6.07) is 13.8. The molecule has 0 fully saturated rings. The Morgan fingerprint density at radius 1 is 1.00 bits per heavy atom. The fraction of sp³-hybridized carbons (Fsp3) is 0.333. The molecule has 0 bridgehead atoms. The molecule has 0 aliphatic heterocycles. The van der Waals surface area contributed by atoms with Crippen LogP contribution in [-0.2, 0) is 17.9 Å². The second kappa shape index (κ2) is 11.3. The predicted molar refractivity (Wildman–Crippen MR) is 120 cm³/mol. The predicted octanol–water partition coefficient (Wildman–Crippen LogP) is 5.14. The van der Waals surface area contributed by atoms with Crippen molar-refractivity contribution in [3.05, 3.63) is 65.5 Å². The van der Waals surface area contributed by atoms with Crippen LogP contribution in [0.5, 0.6) is 17.2 Å². The lowest BCUT2D eigenvalue weighted by Gasteiger charge is -2.13. The number of alkyl halides is 2. The second-order valence-corrected chi connectivity index (χ2v) is 7.18. The molecule has 0 spiro atoms. The van der Waals surface area contributed by atoms with E-state index in [9.17, 15) is 13.6 Å². The summed E-state index contributed by atoms with van der Waals surface area (Å²) in [5.41, 5.74) is 1.64. The van der Waals surface area contributed by atoms with E-state index in [2.05, 4.69) is 10.4 Å². The molecule has 7 nitrogen and oxygen atoms in total. The number of halogens is 2. The normalized spacial score (nSPS) is 10.8. The van der Waals surface area contributed by atoms with E-state index in [1.54, 1.807) is 31.2 Å². The molecule has 0 aliphatic rings. The smallest absolute Gasteiger partial charge is 0.282 e. The Balaban J connectivity index is 1.55. The van der Waals surface area contributed by atoms with E-state index in [0.717, 1.165) is 5.56 Å². The first-order chi connectivity index (χ1) is 15.9. The van der Waals surface area contributed by atoms with Crippen LogP contribution in [0.15, 0.2) is 48.5 Å². The highest BCUT2D eigenvalue weighted by molar-refractivity contribution is 5.90. The highest BCUT2D eigenvalue weighted by Crippen LogP contribution is 2.29. The largest absolute Gasteiger partial charge is 0.490 e. The first-order valence-corrected chi connectivity index (χ1v) is 10.6. The minimum atomic E-state index is -2.67. The first-order valence-electron chi connectivity index (χ1n) is 10.6. The summed E-state index contributed by atoms with van der Waals surface area (Å²) in [5.74, 6) is 1.63. The number of hydrogen-bond donors (Lipinski definition) is 1. The van der Waals surface area contributed by atoms with E-state index < -0.39 is 6.43 Å². The van der Waals surface area contributed by atoms with E-state index in [0.29, 0.717) is 48.5 Å². The van der Waals surface area contributed by atoms with Crippen LogP contribution in [0, 0.1) is 6.92 Å². The van der Waals surface area contributed by atoms with Crippen molar-refractivity contribution in [3.8, 4) is 17.2 Å². The zero-order valence-electron chi connectivity index (χ0n) is 18.8. The molecule has 0 saturated heterocycles. The molecule has 9 heteroatoms. The van der Waals surface area contributed by atoms with Crippen molar-refractivity contribution in [2.24, 2.45) is 0 Å². The molecule has 0 aliphatic carbocycles. The number of carbonyl (C=O) groups is 1. The van der Waals surface area contributed by atoms with E-state index in [-0.39, 0.29) is 18.1 Å². The Labute approximate surface area is 191 Å². The molecule has 3 rings (SSSR count). The molecule has 1 N–H and O–H groups in total. The summed E-state index contributed by atoms with van der Waals surface area (Å²) >= 11 is 0.